The van der Waals surface area contributed by atoms with E-state index in [0.29, 0.717) is 5.65 Å². The number of nitrogens with one attached hydrogen (secondary N) is 2. The number of aromatic nitrogens is 5. The summed E-state index contributed by atoms with van der Waals surface area (Å²) in [4.78, 5) is 52.8. The summed E-state index contributed by atoms with van der Waals surface area (Å²) in [6.07, 6.45) is -3.38. The van der Waals surface area contributed by atoms with E-state index >= 15 is 0 Å². The van der Waals surface area contributed by atoms with Gasteiger partial charge in [-0.1, -0.05) is 30.9 Å². The van der Waals surface area contributed by atoms with E-state index in [2.05, 4.69) is 54.1 Å². The molecule has 56 heavy (non-hydrogen) atoms. The van der Waals surface area contributed by atoms with Gasteiger partial charge in [-0.3, -0.25) is 9.88 Å². The molecule has 4 heterocycles. The highest BCUT2D eigenvalue weighted by atomic mass is 35.5. The highest BCUT2D eigenvalue weighted by molar-refractivity contribution is 6.36. The van der Waals surface area contributed by atoms with Crippen LogP contribution in [0.2, 0.25) is 5.02 Å². The maximum absolute atomic E-state index is 10.6. The molecule has 2 fully saturated rings. The van der Waals surface area contributed by atoms with Crippen LogP contribution in [0, 0.1) is 0 Å². The van der Waals surface area contributed by atoms with Crippen molar-refractivity contribution in [3.8, 4) is 0 Å². The molecular formula is C32H34ClF9N8O6. The lowest BCUT2D eigenvalue weighted by atomic mass is 9.93. The van der Waals surface area contributed by atoms with Gasteiger partial charge in [-0.2, -0.15) is 39.5 Å². The normalized spacial score (nSPS) is 16.0. The fourth-order valence-corrected chi connectivity index (χ4v) is 6.05. The van der Waals surface area contributed by atoms with Crippen molar-refractivity contribution in [3.63, 3.8) is 0 Å². The molecule has 14 nitrogen and oxygen atoms in total. The first-order chi connectivity index (χ1) is 26.0. The van der Waals surface area contributed by atoms with Gasteiger partial charge < -0.3 is 30.5 Å². The molecule has 308 valence electrons. The van der Waals surface area contributed by atoms with Crippen molar-refractivity contribution in [2.45, 2.75) is 69.6 Å². The molecule has 2 aliphatic rings. The Labute approximate surface area is 315 Å². The average Bonchev–Trinajstić information content (AvgIpc) is 3.62. The number of rotatable bonds is 5. The third-order valence-electron chi connectivity index (χ3n) is 8.34. The Bertz CT molecular complexity index is 1890. The molecule has 1 saturated heterocycles. The molecule has 0 amide bonds. The van der Waals surface area contributed by atoms with Gasteiger partial charge in [0, 0.05) is 49.4 Å². The third-order valence-corrected chi connectivity index (χ3v) is 8.65. The number of piperazine rings is 1. The van der Waals surface area contributed by atoms with Crippen molar-refractivity contribution in [1.29, 1.82) is 0 Å². The van der Waals surface area contributed by atoms with Crippen LogP contribution in [0.3, 0.4) is 0 Å². The standard InChI is InChI=1S/C26H31ClN8.3C2HF3O2/c1-17(33-26-23-25(30-15-29-23)31-16-32-26)20-14-21(27)19-8-5-9-28-22(19)24(20)35-12-10-34(11-13-35)18-6-3-2-4-7-18;3*3-2(4,5)1(6)7/h5,8-9,14-18H,2-4,6-7,10-13H2,1H3,(H2,29,30,31,32,33);3*(H,6,7). The van der Waals surface area contributed by atoms with Crippen LogP contribution in [0.4, 0.5) is 51.0 Å². The molecule has 0 spiro atoms. The number of pyridine rings is 1. The Hall–Kier alpha value is -5.19. The van der Waals surface area contributed by atoms with Crippen LogP contribution in [-0.4, -0.2) is 114 Å². The van der Waals surface area contributed by atoms with E-state index in [9.17, 15) is 39.5 Å². The van der Waals surface area contributed by atoms with Crippen molar-refractivity contribution in [3.05, 3.63) is 47.6 Å². The molecule has 1 saturated carbocycles. The Balaban J connectivity index is 0.000000329. The zero-order valence-electron chi connectivity index (χ0n) is 29.0. The van der Waals surface area contributed by atoms with E-state index in [1.807, 2.05) is 12.3 Å². The summed E-state index contributed by atoms with van der Waals surface area (Å²) in [6.45, 7) is 6.29. The second-order valence-electron chi connectivity index (χ2n) is 12.1. The van der Waals surface area contributed by atoms with Gasteiger partial charge in [-0.05, 0) is 38.0 Å². The first kappa shape index (κ1) is 45.2. The van der Waals surface area contributed by atoms with Crippen LogP contribution < -0.4 is 10.2 Å². The minimum absolute atomic E-state index is 0.0494. The van der Waals surface area contributed by atoms with Crippen molar-refractivity contribution in [1.82, 2.24) is 29.8 Å². The SMILES string of the molecule is CC(Nc1ncnc2nc[nH]c12)c1cc(Cl)c2cccnc2c1N1CCN(C2CCCCC2)CC1.O=C(O)C(F)(F)F.O=C(O)C(F)(F)F.O=C(O)C(F)(F)F. The van der Waals surface area contributed by atoms with Crippen LogP contribution in [0.15, 0.2) is 37.1 Å². The van der Waals surface area contributed by atoms with E-state index in [4.69, 9.17) is 46.3 Å². The molecule has 1 aromatic carbocycles. The zero-order chi connectivity index (χ0) is 42.0. The van der Waals surface area contributed by atoms with E-state index < -0.39 is 36.4 Å². The molecule has 1 aliphatic carbocycles. The molecule has 3 aromatic heterocycles. The molecule has 1 unspecified atom stereocenters. The average molecular weight is 833 g/mol. The van der Waals surface area contributed by atoms with E-state index in [0.717, 1.165) is 65.0 Å². The monoisotopic (exact) mass is 832 g/mol. The molecule has 6 rings (SSSR count). The van der Waals surface area contributed by atoms with Gasteiger partial charge in [-0.25, -0.2) is 29.3 Å². The minimum Gasteiger partial charge on any atom is -0.475 e. The van der Waals surface area contributed by atoms with Gasteiger partial charge in [0.05, 0.1) is 28.6 Å². The van der Waals surface area contributed by atoms with Crippen molar-refractivity contribution in [2.75, 3.05) is 36.4 Å². The van der Waals surface area contributed by atoms with Gasteiger partial charge in [0.1, 0.15) is 11.8 Å². The number of hydrogen-bond donors (Lipinski definition) is 5. The van der Waals surface area contributed by atoms with Crippen molar-refractivity contribution < 1.29 is 69.2 Å². The Morgan fingerprint density at radius 2 is 1.38 bits per heavy atom. The topological polar surface area (TPSA) is 198 Å². The van der Waals surface area contributed by atoms with Crippen molar-refractivity contribution in [2.24, 2.45) is 0 Å². The summed E-state index contributed by atoms with van der Waals surface area (Å²) in [5.74, 6) is -7.54. The van der Waals surface area contributed by atoms with E-state index in [1.165, 1.54) is 37.8 Å². The molecule has 24 heteroatoms. The van der Waals surface area contributed by atoms with Gasteiger partial charge in [0.25, 0.3) is 0 Å². The Kier molecular flexibility index (Phi) is 15.4. The fourth-order valence-electron chi connectivity index (χ4n) is 5.78. The summed E-state index contributed by atoms with van der Waals surface area (Å²) in [7, 11) is 0. The van der Waals surface area contributed by atoms with Gasteiger partial charge >= 0.3 is 36.4 Å². The van der Waals surface area contributed by atoms with Gasteiger partial charge in [0.2, 0.25) is 0 Å². The summed E-state index contributed by atoms with van der Waals surface area (Å²) in [5.41, 5.74) is 4.70. The Morgan fingerprint density at radius 3 is 1.89 bits per heavy atom. The lowest BCUT2D eigenvalue weighted by molar-refractivity contribution is -0.193. The molecule has 5 N–H and O–H groups in total. The van der Waals surface area contributed by atoms with E-state index in [-0.39, 0.29) is 6.04 Å². The van der Waals surface area contributed by atoms with E-state index in [1.54, 1.807) is 12.7 Å². The number of hydrogen-bond acceptors (Lipinski definition) is 10. The van der Waals surface area contributed by atoms with Crippen LogP contribution in [0.5, 0.6) is 0 Å². The lowest BCUT2D eigenvalue weighted by Gasteiger charge is -2.42. The number of anilines is 2. The largest absolute Gasteiger partial charge is 0.490 e. The summed E-state index contributed by atoms with van der Waals surface area (Å²) in [6, 6.07) is 6.81. The highest BCUT2D eigenvalue weighted by Crippen LogP contribution is 2.39. The maximum atomic E-state index is 10.6. The maximum Gasteiger partial charge on any atom is 0.490 e. The molecule has 0 radical (unpaired) electrons. The number of nitrogens with zero attached hydrogens (tertiary/aromatic N) is 6. The van der Waals surface area contributed by atoms with Gasteiger partial charge in [0.15, 0.2) is 11.5 Å². The summed E-state index contributed by atoms with van der Waals surface area (Å²) in [5, 5.41) is 26.7. The number of aliphatic carboxylic acids is 3. The molecule has 0 bridgehead atoms. The van der Waals surface area contributed by atoms with Crippen LogP contribution >= 0.6 is 11.6 Å². The molecule has 1 aliphatic heterocycles. The number of carboxylic acid groups (broad SMARTS) is 3. The van der Waals surface area contributed by atoms with Gasteiger partial charge in [-0.15, -0.1) is 0 Å². The predicted molar refractivity (Wildman–Crippen MR) is 182 cm³/mol. The second-order valence-corrected chi connectivity index (χ2v) is 12.5. The molecule has 4 aromatic rings. The lowest BCUT2D eigenvalue weighted by Crippen LogP contribution is -2.51. The van der Waals surface area contributed by atoms with Crippen LogP contribution in [0.25, 0.3) is 22.1 Å². The number of aromatic amines is 1. The number of halogens is 10. The first-order valence-electron chi connectivity index (χ1n) is 16.4. The smallest absolute Gasteiger partial charge is 0.475 e. The minimum atomic E-state index is -5.08. The number of carboxylic acids is 3. The quantitative estimate of drug-likeness (QED) is 0.128. The summed E-state index contributed by atoms with van der Waals surface area (Å²) >= 11 is 6.79. The number of H-pyrrole nitrogens is 1. The second kappa shape index (κ2) is 19.1. The third kappa shape index (κ3) is 12.7. The van der Waals surface area contributed by atoms with Crippen LogP contribution in [0.1, 0.15) is 50.6 Å². The number of alkyl halides is 9. The van der Waals surface area contributed by atoms with Crippen LogP contribution in [-0.2, 0) is 14.4 Å². The number of fused-ring (bicyclic) bond motifs is 2. The number of imidazole rings is 1. The zero-order valence-corrected chi connectivity index (χ0v) is 29.8. The highest BCUT2D eigenvalue weighted by Gasteiger charge is 2.39. The Morgan fingerprint density at radius 1 is 0.839 bits per heavy atom. The first-order valence-corrected chi connectivity index (χ1v) is 16.8. The predicted octanol–water partition coefficient (Wildman–Crippen LogP) is 7.08. The molecular weight excluding hydrogens is 799 g/mol. The number of carbonyl (C=O) groups is 3. The number of benzene rings is 1. The van der Waals surface area contributed by atoms with Crippen molar-refractivity contribution >= 4 is 63.1 Å². The summed E-state index contributed by atoms with van der Waals surface area (Å²) < 4.78 is 95.2. The molecule has 1 atom stereocenters. The fraction of sp³-hybridized carbons (Fsp3) is 0.469.